The van der Waals surface area contributed by atoms with Crippen molar-refractivity contribution in [1.29, 1.82) is 0 Å². The highest BCUT2D eigenvalue weighted by molar-refractivity contribution is 14.1. The lowest BCUT2D eigenvalue weighted by Crippen LogP contribution is -2.12. The summed E-state index contributed by atoms with van der Waals surface area (Å²) in [6.45, 7) is 1.90. The number of nitrogens with two attached hydrogens (primary N) is 1. The third-order valence-electron chi connectivity index (χ3n) is 2.58. The third-order valence-corrected chi connectivity index (χ3v) is 3.50. The van der Waals surface area contributed by atoms with Crippen molar-refractivity contribution >= 4 is 51.3 Å². The van der Waals surface area contributed by atoms with Crippen LogP contribution in [0.3, 0.4) is 0 Å². The minimum Gasteiger partial charge on any atom is -0.389 e. The van der Waals surface area contributed by atoms with Crippen molar-refractivity contribution in [3.05, 3.63) is 39.1 Å². The Morgan fingerprint density at radius 1 is 1.39 bits per heavy atom. The summed E-state index contributed by atoms with van der Waals surface area (Å²) in [6, 6.07) is 8.08. The summed E-state index contributed by atoms with van der Waals surface area (Å²) in [4.78, 5) is 0.355. The average Bonchev–Trinajstić information content (AvgIpc) is 2.57. The van der Waals surface area contributed by atoms with Gasteiger partial charge in [0.1, 0.15) is 10.8 Å². The largest absolute Gasteiger partial charge is 0.389 e. The number of benzene rings is 1. The Labute approximate surface area is 125 Å². The number of thiocarbonyl (C=S) groups is 1. The van der Waals surface area contributed by atoms with Crippen LogP contribution >= 0.6 is 34.8 Å². The number of aryl methyl sites for hydroxylation is 2. The lowest BCUT2D eigenvalue weighted by Gasteiger charge is -2.09. The van der Waals surface area contributed by atoms with E-state index in [2.05, 4.69) is 33.0 Å². The Balaban J connectivity index is 2.39. The van der Waals surface area contributed by atoms with Gasteiger partial charge in [-0.2, -0.15) is 5.10 Å². The van der Waals surface area contributed by atoms with E-state index >= 15 is 0 Å². The van der Waals surface area contributed by atoms with E-state index in [-0.39, 0.29) is 0 Å². The molecule has 1 heterocycles. The molecule has 94 valence electrons. The number of aromatic nitrogens is 2. The lowest BCUT2D eigenvalue weighted by molar-refractivity contribution is 0.765. The van der Waals surface area contributed by atoms with Crippen molar-refractivity contribution in [1.82, 2.24) is 9.78 Å². The molecule has 0 saturated heterocycles. The van der Waals surface area contributed by atoms with Gasteiger partial charge in [-0.05, 0) is 53.8 Å². The quantitative estimate of drug-likeness (QED) is 0.643. The van der Waals surface area contributed by atoms with E-state index in [0.29, 0.717) is 4.99 Å². The van der Waals surface area contributed by atoms with Gasteiger partial charge in [0, 0.05) is 16.3 Å². The van der Waals surface area contributed by atoms with Gasteiger partial charge in [-0.1, -0.05) is 12.2 Å². The zero-order valence-electron chi connectivity index (χ0n) is 10.1. The first-order valence-electron chi connectivity index (χ1n) is 5.35. The summed E-state index contributed by atoms with van der Waals surface area (Å²) in [7, 11) is 1.86. The molecule has 0 atom stereocenters. The van der Waals surface area contributed by atoms with Crippen LogP contribution in [-0.4, -0.2) is 14.8 Å². The van der Waals surface area contributed by atoms with Crippen LogP contribution in [0.2, 0.25) is 0 Å². The summed E-state index contributed by atoms with van der Waals surface area (Å²) in [5, 5.41) is 7.63. The van der Waals surface area contributed by atoms with E-state index in [9.17, 15) is 0 Å². The van der Waals surface area contributed by atoms with Crippen LogP contribution in [0.5, 0.6) is 0 Å². The zero-order valence-corrected chi connectivity index (χ0v) is 13.0. The van der Waals surface area contributed by atoms with Gasteiger partial charge in [0.2, 0.25) is 0 Å². The second-order valence-electron chi connectivity index (χ2n) is 3.93. The normalized spacial score (nSPS) is 10.4. The fraction of sp³-hybridized carbons (Fsp3) is 0.167. The minimum atomic E-state index is 0.355. The Hall–Kier alpha value is -1.15. The highest BCUT2D eigenvalue weighted by Crippen LogP contribution is 2.23. The standard InChI is InChI=1S/C12H13IN4S/c1-7-10(11(14)18)12(17(2)16-7)15-9-5-3-8(13)4-6-9/h3-6,15H,1-2H3,(H2,14,18). The first-order valence-corrected chi connectivity index (χ1v) is 6.83. The van der Waals surface area contributed by atoms with E-state index in [1.807, 2.05) is 38.2 Å². The van der Waals surface area contributed by atoms with Crippen LogP contribution in [0.1, 0.15) is 11.3 Å². The van der Waals surface area contributed by atoms with Crippen molar-refractivity contribution in [2.75, 3.05) is 5.32 Å². The van der Waals surface area contributed by atoms with Crippen molar-refractivity contribution < 1.29 is 0 Å². The number of nitrogens with one attached hydrogen (secondary N) is 1. The molecule has 0 aliphatic carbocycles. The molecular formula is C12H13IN4S. The first-order chi connectivity index (χ1) is 8.49. The molecule has 3 N–H and O–H groups in total. The Bertz CT molecular complexity index is 589. The number of hydrogen-bond acceptors (Lipinski definition) is 3. The van der Waals surface area contributed by atoms with Gasteiger partial charge in [-0.25, -0.2) is 0 Å². The molecule has 1 aromatic carbocycles. The SMILES string of the molecule is Cc1nn(C)c(Nc2ccc(I)cc2)c1C(N)=S. The number of rotatable bonds is 3. The monoisotopic (exact) mass is 372 g/mol. The molecule has 0 aliphatic heterocycles. The van der Waals surface area contributed by atoms with Crippen molar-refractivity contribution in [3.63, 3.8) is 0 Å². The molecule has 0 fully saturated rings. The highest BCUT2D eigenvalue weighted by Gasteiger charge is 2.15. The van der Waals surface area contributed by atoms with E-state index in [1.54, 1.807) is 4.68 Å². The lowest BCUT2D eigenvalue weighted by atomic mass is 10.2. The highest BCUT2D eigenvalue weighted by atomic mass is 127. The molecule has 18 heavy (non-hydrogen) atoms. The van der Waals surface area contributed by atoms with E-state index in [4.69, 9.17) is 18.0 Å². The number of nitrogens with zero attached hydrogens (tertiary/aromatic N) is 2. The fourth-order valence-electron chi connectivity index (χ4n) is 1.77. The first kappa shape index (κ1) is 13.3. The molecule has 0 spiro atoms. The molecule has 0 radical (unpaired) electrons. The van der Waals surface area contributed by atoms with Gasteiger partial charge in [0.25, 0.3) is 0 Å². The Morgan fingerprint density at radius 3 is 2.56 bits per heavy atom. The average molecular weight is 372 g/mol. The van der Waals surface area contributed by atoms with Crippen LogP contribution in [-0.2, 0) is 7.05 Å². The minimum absolute atomic E-state index is 0.355. The molecule has 0 saturated carbocycles. The van der Waals surface area contributed by atoms with E-state index < -0.39 is 0 Å². The Morgan fingerprint density at radius 2 is 2.00 bits per heavy atom. The molecule has 0 aliphatic rings. The molecule has 1 aromatic heterocycles. The van der Waals surface area contributed by atoms with E-state index in [0.717, 1.165) is 22.8 Å². The molecule has 2 aromatic rings. The van der Waals surface area contributed by atoms with Crippen LogP contribution in [0.15, 0.2) is 24.3 Å². The topological polar surface area (TPSA) is 55.9 Å². The number of hydrogen-bond donors (Lipinski definition) is 2. The fourth-order valence-corrected chi connectivity index (χ4v) is 2.37. The molecule has 0 amide bonds. The van der Waals surface area contributed by atoms with Crippen LogP contribution < -0.4 is 11.1 Å². The molecule has 0 bridgehead atoms. The molecule has 6 heteroatoms. The van der Waals surface area contributed by atoms with Gasteiger partial charge < -0.3 is 11.1 Å². The maximum Gasteiger partial charge on any atom is 0.138 e. The molecular weight excluding hydrogens is 359 g/mol. The van der Waals surface area contributed by atoms with Crippen molar-refractivity contribution in [2.24, 2.45) is 12.8 Å². The number of anilines is 2. The van der Waals surface area contributed by atoms with E-state index in [1.165, 1.54) is 3.57 Å². The summed E-state index contributed by atoms with van der Waals surface area (Å²) in [5.74, 6) is 0.821. The summed E-state index contributed by atoms with van der Waals surface area (Å²) < 4.78 is 2.94. The van der Waals surface area contributed by atoms with Crippen molar-refractivity contribution in [3.8, 4) is 0 Å². The second kappa shape index (κ2) is 5.23. The van der Waals surface area contributed by atoms with Crippen LogP contribution in [0, 0.1) is 10.5 Å². The van der Waals surface area contributed by atoms with Gasteiger partial charge in [-0.3, -0.25) is 4.68 Å². The smallest absolute Gasteiger partial charge is 0.138 e. The van der Waals surface area contributed by atoms with Crippen LogP contribution in [0.25, 0.3) is 0 Å². The maximum atomic E-state index is 5.74. The zero-order chi connectivity index (χ0) is 13.3. The van der Waals surface area contributed by atoms with Gasteiger partial charge in [0.05, 0.1) is 11.3 Å². The summed E-state index contributed by atoms with van der Waals surface area (Å²) in [6.07, 6.45) is 0. The Kier molecular flexibility index (Phi) is 3.86. The van der Waals surface area contributed by atoms with Crippen molar-refractivity contribution in [2.45, 2.75) is 6.92 Å². The predicted molar refractivity (Wildman–Crippen MR) is 86.3 cm³/mol. The van der Waals surface area contributed by atoms with Crippen LogP contribution in [0.4, 0.5) is 11.5 Å². The third kappa shape index (κ3) is 2.64. The second-order valence-corrected chi connectivity index (χ2v) is 5.61. The molecule has 0 unspecified atom stereocenters. The van der Waals surface area contributed by atoms with Gasteiger partial charge in [-0.15, -0.1) is 0 Å². The summed E-state index contributed by atoms with van der Waals surface area (Å²) >= 11 is 7.34. The predicted octanol–water partition coefficient (Wildman–Crippen LogP) is 2.71. The number of halogens is 1. The summed E-state index contributed by atoms with van der Waals surface area (Å²) in [5.41, 5.74) is 8.35. The maximum absolute atomic E-state index is 5.74. The molecule has 4 nitrogen and oxygen atoms in total. The molecule has 2 rings (SSSR count). The van der Waals surface area contributed by atoms with Gasteiger partial charge in [0.15, 0.2) is 0 Å². The van der Waals surface area contributed by atoms with Gasteiger partial charge >= 0.3 is 0 Å².